The molecule has 0 spiro atoms. The van der Waals surface area contributed by atoms with E-state index < -0.39 is 0 Å². The number of anilines is 1. The third kappa shape index (κ3) is 3.96. The van der Waals surface area contributed by atoms with Crippen molar-refractivity contribution in [3.8, 4) is 17.1 Å². The van der Waals surface area contributed by atoms with Crippen molar-refractivity contribution >= 4 is 11.6 Å². The summed E-state index contributed by atoms with van der Waals surface area (Å²) in [6.45, 7) is 5.98. The number of ether oxygens (including phenoxy) is 1. The molecule has 3 aromatic heterocycles. The largest absolute Gasteiger partial charge is 0.488 e. The Morgan fingerprint density at radius 2 is 2.00 bits per heavy atom. The maximum atomic E-state index is 6.12. The highest BCUT2D eigenvalue weighted by Gasteiger charge is 2.33. The van der Waals surface area contributed by atoms with Gasteiger partial charge in [0.15, 0.2) is 5.65 Å². The highest BCUT2D eigenvalue weighted by Crippen LogP contribution is 2.44. The molecule has 0 radical (unpaired) electrons. The zero-order valence-corrected chi connectivity index (χ0v) is 17.6. The maximum Gasteiger partial charge on any atom is 0.223 e. The fraction of sp³-hybridized carbons (Fsp3) is 0.545. The highest BCUT2D eigenvalue weighted by atomic mass is 16.5. The summed E-state index contributed by atoms with van der Waals surface area (Å²) in [6.07, 6.45) is 9.71. The first-order valence-corrected chi connectivity index (χ1v) is 11.2. The van der Waals surface area contributed by atoms with Gasteiger partial charge < -0.3 is 15.4 Å². The van der Waals surface area contributed by atoms with E-state index in [-0.39, 0.29) is 0 Å². The summed E-state index contributed by atoms with van der Waals surface area (Å²) in [5, 5.41) is 11.7. The average Bonchev–Trinajstić information content (AvgIpc) is 3.70. The van der Waals surface area contributed by atoms with Crippen LogP contribution in [0.4, 0.5) is 5.95 Å². The van der Waals surface area contributed by atoms with E-state index in [9.17, 15) is 0 Å². The molecule has 0 aromatic carbocycles. The fourth-order valence-electron chi connectivity index (χ4n) is 3.72. The van der Waals surface area contributed by atoms with Crippen LogP contribution in [0.5, 0.6) is 5.75 Å². The van der Waals surface area contributed by atoms with Gasteiger partial charge in [0.25, 0.3) is 0 Å². The van der Waals surface area contributed by atoms with Crippen molar-refractivity contribution in [1.29, 1.82) is 0 Å². The number of imidazole rings is 1. The van der Waals surface area contributed by atoms with Crippen molar-refractivity contribution in [2.45, 2.75) is 64.0 Å². The molecule has 1 unspecified atom stereocenters. The molecule has 2 N–H and O–H groups in total. The molecule has 3 aromatic rings. The third-order valence-electron chi connectivity index (χ3n) is 5.58. The van der Waals surface area contributed by atoms with Gasteiger partial charge in [-0.25, -0.2) is 19.5 Å². The summed E-state index contributed by atoms with van der Waals surface area (Å²) in [5.41, 5.74) is 3.55. The Morgan fingerprint density at radius 1 is 1.13 bits per heavy atom. The van der Waals surface area contributed by atoms with Gasteiger partial charge in [-0.2, -0.15) is 5.10 Å². The van der Waals surface area contributed by atoms with Crippen molar-refractivity contribution < 1.29 is 4.74 Å². The Labute approximate surface area is 176 Å². The zero-order chi connectivity index (χ0) is 20.5. The molecule has 2 saturated carbocycles. The van der Waals surface area contributed by atoms with E-state index in [4.69, 9.17) is 14.8 Å². The molecule has 2 aliphatic carbocycles. The lowest BCUT2D eigenvalue weighted by atomic mass is 10.2. The predicted octanol–water partition coefficient (Wildman–Crippen LogP) is 3.40. The van der Waals surface area contributed by atoms with Crippen molar-refractivity contribution in [3.05, 3.63) is 30.2 Å². The summed E-state index contributed by atoms with van der Waals surface area (Å²) >= 11 is 0. The highest BCUT2D eigenvalue weighted by molar-refractivity contribution is 5.61. The first kappa shape index (κ1) is 19.2. The van der Waals surface area contributed by atoms with Crippen LogP contribution < -0.4 is 15.4 Å². The molecular weight excluding hydrogens is 378 g/mol. The molecular formula is C22H29N7O. The number of aromatic nitrogens is 5. The number of hydrogen-bond donors (Lipinski definition) is 2. The average molecular weight is 408 g/mol. The second-order valence-electron chi connectivity index (χ2n) is 8.00. The minimum Gasteiger partial charge on any atom is -0.488 e. The topological polar surface area (TPSA) is 89.3 Å². The first-order valence-electron chi connectivity index (χ1n) is 11.2. The Morgan fingerprint density at radius 3 is 2.73 bits per heavy atom. The van der Waals surface area contributed by atoms with E-state index in [1.54, 1.807) is 6.20 Å². The molecule has 1 atom stereocenters. The lowest BCUT2D eigenvalue weighted by molar-refractivity contribution is 0.297. The SMILES string of the molecule is CC.c1cc(-c2cnc3cc(OC4CC4)c(C4CC4)nn23)nc(NC2CCNC2)n1. The van der Waals surface area contributed by atoms with Crippen LogP contribution in [-0.4, -0.2) is 49.8 Å². The van der Waals surface area contributed by atoms with Gasteiger partial charge in [-0.05, 0) is 44.7 Å². The molecule has 3 aliphatic rings. The van der Waals surface area contributed by atoms with Crippen LogP contribution in [0.25, 0.3) is 17.0 Å². The van der Waals surface area contributed by atoms with Gasteiger partial charge in [0.2, 0.25) is 5.95 Å². The van der Waals surface area contributed by atoms with Gasteiger partial charge in [0.1, 0.15) is 17.1 Å². The molecule has 1 aliphatic heterocycles. The van der Waals surface area contributed by atoms with Crippen LogP contribution in [0.2, 0.25) is 0 Å². The number of nitrogens with zero attached hydrogens (tertiary/aromatic N) is 5. The van der Waals surface area contributed by atoms with Crippen molar-refractivity contribution in [2.75, 3.05) is 18.4 Å². The predicted molar refractivity (Wildman–Crippen MR) is 116 cm³/mol. The molecule has 158 valence electrons. The summed E-state index contributed by atoms with van der Waals surface area (Å²) < 4.78 is 8.02. The Hall–Kier alpha value is -2.74. The number of fused-ring (bicyclic) bond motifs is 1. The number of hydrogen-bond acceptors (Lipinski definition) is 7. The molecule has 0 amide bonds. The second-order valence-corrected chi connectivity index (χ2v) is 8.00. The molecule has 4 heterocycles. The van der Waals surface area contributed by atoms with E-state index >= 15 is 0 Å². The standard InChI is InChI=1S/C20H23N7O.C2H6/c1-2-12(1)19-17(28-14-3-4-14)9-18-23-11-16(27(18)26-19)15-6-8-22-20(25-15)24-13-5-7-21-10-13;1-2/h6,8-9,11-14,21H,1-5,7,10H2,(H,22,24,25);1-2H3. The van der Waals surface area contributed by atoms with E-state index in [0.717, 1.165) is 60.8 Å². The molecule has 8 nitrogen and oxygen atoms in total. The molecule has 3 fully saturated rings. The minimum absolute atomic E-state index is 0.358. The van der Waals surface area contributed by atoms with Crippen molar-refractivity contribution in [1.82, 2.24) is 29.9 Å². The molecule has 6 rings (SSSR count). The van der Waals surface area contributed by atoms with E-state index in [1.165, 1.54) is 12.8 Å². The van der Waals surface area contributed by atoms with Gasteiger partial charge in [-0.3, -0.25) is 0 Å². The first-order chi connectivity index (χ1) is 14.8. The van der Waals surface area contributed by atoms with E-state index in [1.807, 2.05) is 36.7 Å². The maximum absolute atomic E-state index is 6.12. The van der Waals surface area contributed by atoms with Crippen LogP contribution in [0.3, 0.4) is 0 Å². The normalized spacial score (nSPS) is 20.7. The van der Waals surface area contributed by atoms with Crippen LogP contribution in [0, 0.1) is 0 Å². The quantitative estimate of drug-likeness (QED) is 0.647. The van der Waals surface area contributed by atoms with Gasteiger partial charge >= 0.3 is 0 Å². The lowest BCUT2D eigenvalue weighted by Gasteiger charge is -2.12. The molecule has 30 heavy (non-hydrogen) atoms. The zero-order valence-electron chi connectivity index (χ0n) is 17.6. The molecule has 1 saturated heterocycles. The van der Waals surface area contributed by atoms with Crippen molar-refractivity contribution in [2.24, 2.45) is 0 Å². The Bertz CT molecular complexity index is 1020. The fourth-order valence-corrected chi connectivity index (χ4v) is 3.72. The Kier molecular flexibility index (Phi) is 5.25. The Balaban J connectivity index is 0.000000937. The van der Waals surface area contributed by atoms with Gasteiger partial charge in [0, 0.05) is 30.8 Å². The molecule has 0 bridgehead atoms. The molecule has 8 heteroatoms. The summed E-state index contributed by atoms with van der Waals surface area (Å²) in [7, 11) is 0. The van der Waals surface area contributed by atoms with E-state index in [2.05, 4.69) is 20.6 Å². The van der Waals surface area contributed by atoms with Crippen molar-refractivity contribution in [3.63, 3.8) is 0 Å². The van der Waals surface area contributed by atoms with Crippen LogP contribution >= 0.6 is 0 Å². The van der Waals surface area contributed by atoms with Crippen LogP contribution in [0.1, 0.15) is 57.6 Å². The van der Waals surface area contributed by atoms with Gasteiger partial charge in [0.05, 0.1) is 18.0 Å². The monoisotopic (exact) mass is 407 g/mol. The minimum atomic E-state index is 0.358. The summed E-state index contributed by atoms with van der Waals surface area (Å²) in [5.74, 6) is 2.07. The smallest absolute Gasteiger partial charge is 0.223 e. The third-order valence-corrected chi connectivity index (χ3v) is 5.58. The van der Waals surface area contributed by atoms with Crippen LogP contribution in [0.15, 0.2) is 24.5 Å². The number of rotatable bonds is 6. The summed E-state index contributed by atoms with van der Waals surface area (Å²) in [4.78, 5) is 13.7. The van der Waals surface area contributed by atoms with Gasteiger partial charge in [-0.15, -0.1) is 0 Å². The second kappa shape index (κ2) is 8.18. The van der Waals surface area contributed by atoms with Gasteiger partial charge in [-0.1, -0.05) is 13.8 Å². The number of nitrogens with one attached hydrogen (secondary N) is 2. The summed E-state index contributed by atoms with van der Waals surface area (Å²) in [6, 6.07) is 4.32. The lowest BCUT2D eigenvalue weighted by Crippen LogP contribution is -2.23. The van der Waals surface area contributed by atoms with Crippen LogP contribution in [-0.2, 0) is 0 Å². The van der Waals surface area contributed by atoms with E-state index in [0.29, 0.717) is 24.0 Å².